The van der Waals surface area contributed by atoms with Gasteiger partial charge in [0.1, 0.15) is 18.0 Å². The molecule has 2 fully saturated rings. The number of hydrogen-bond donors (Lipinski definition) is 1. The minimum Gasteiger partial charge on any atom is -0.476 e. The number of carbonyl (C=O) groups is 2. The summed E-state index contributed by atoms with van der Waals surface area (Å²) in [6.45, 7) is 2.72. The number of rotatable bonds is 4. The van der Waals surface area contributed by atoms with E-state index in [9.17, 15) is 9.59 Å². The number of methoxy groups -OCH3 is 1. The number of esters is 1. The molecule has 1 amide bonds. The molecule has 0 bridgehead atoms. The predicted octanol–water partition coefficient (Wildman–Crippen LogP) is 6.24. The van der Waals surface area contributed by atoms with Gasteiger partial charge in [0.05, 0.1) is 40.7 Å². The molecule has 1 saturated carbocycles. The third kappa shape index (κ3) is 3.62. The maximum absolute atomic E-state index is 16.2. The van der Waals surface area contributed by atoms with Gasteiger partial charge in [-0.2, -0.15) is 5.10 Å². The van der Waals surface area contributed by atoms with Gasteiger partial charge >= 0.3 is 5.97 Å². The van der Waals surface area contributed by atoms with E-state index < -0.39 is 29.3 Å². The highest BCUT2D eigenvalue weighted by atomic mass is 35.5. The molecule has 1 aromatic heterocycles. The summed E-state index contributed by atoms with van der Waals surface area (Å²) in [5.41, 5.74) is 2.11. The molecule has 3 aromatic carbocycles. The summed E-state index contributed by atoms with van der Waals surface area (Å²) in [4.78, 5) is 29.3. The summed E-state index contributed by atoms with van der Waals surface area (Å²) in [6, 6.07) is 13.0. The van der Waals surface area contributed by atoms with Gasteiger partial charge in [0, 0.05) is 28.7 Å². The van der Waals surface area contributed by atoms with Gasteiger partial charge < -0.3 is 14.8 Å². The first-order valence-electron chi connectivity index (χ1n) is 14.3. The minimum atomic E-state index is -1.28. The molecule has 43 heavy (non-hydrogen) atoms. The number of amides is 1. The molecule has 3 aliphatic heterocycles. The normalized spacial score (nSPS) is 25.8. The van der Waals surface area contributed by atoms with Crippen molar-refractivity contribution >= 4 is 51.7 Å². The molecular formula is C32H27Cl2FN4O4. The number of aryl methyl sites for hydroxylation is 1. The highest BCUT2D eigenvalue weighted by Crippen LogP contribution is 2.63. The monoisotopic (exact) mass is 620 g/mol. The summed E-state index contributed by atoms with van der Waals surface area (Å²) in [5, 5.41) is 9.24. The lowest BCUT2D eigenvalue weighted by molar-refractivity contribution is -0.128. The Balaban J connectivity index is 1.43. The van der Waals surface area contributed by atoms with Crippen LogP contribution in [0.15, 0.2) is 48.5 Å². The Morgan fingerprint density at radius 2 is 2.02 bits per heavy atom. The minimum absolute atomic E-state index is 0.0175. The van der Waals surface area contributed by atoms with E-state index >= 15 is 4.39 Å². The standard InChI is InChI=1S/C32H27Cl2FN4O4/c1-15-18(30(40)42-2)9-11-22-25(15)29-39(37-22)28-24(14-43-29)38(13-16-6-7-16)32(26(28)19-4-3-5-21(34)27(19)35)20-10-8-17(33)12-23(20)36-31(32)41/h3-5,8-12,16,24,26,28H,6-7,13-14H2,1-2H3,(H,36,41)/t24-,26-,28+,32+/m0/s1. The zero-order valence-corrected chi connectivity index (χ0v) is 24.9. The first kappa shape index (κ1) is 26.9. The zero-order valence-electron chi connectivity index (χ0n) is 23.4. The van der Waals surface area contributed by atoms with Crippen molar-refractivity contribution in [2.75, 3.05) is 25.6 Å². The summed E-state index contributed by atoms with van der Waals surface area (Å²) in [7, 11) is 1.34. The van der Waals surface area contributed by atoms with Crippen molar-refractivity contribution in [3.05, 3.63) is 86.6 Å². The van der Waals surface area contributed by atoms with Crippen LogP contribution in [-0.4, -0.2) is 52.9 Å². The Hall–Kier alpha value is -3.66. The zero-order chi connectivity index (χ0) is 29.8. The van der Waals surface area contributed by atoms with Crippen molar-refractivity contribution in [3.63, 3.8) is 0 Å². The summed E-state index contributed by atoms with van der Waals surface area (Å²) >= 11 is 12.8. The fraction of sp³-hybridized carbons (Fsp3) is 0.344. The number of ether oxygens (including phenoxy) is 2. The van der Waals surface area contributed by atoms with E-state index in [4.69, 9.17) is 37.8 Å². The molecule has 220 valence electrons. The molecule has 4 heterocycles. The Morgan fingerprint density at radius 3 is 2.79 bits per heavy atom. The number of benzene rings is 3. The van der Waals surface area contributed by atoms with Gasteiger partial charge in [0.2, 0.25) is 11.8 Å². The van der Waals surface area contributed by atoms with Crippen LogP contribution < -0.4 is 10.1 Å². The molecule has 1 N–H and O–H groups in total. The summed E-state index contributed by atoms with van der Waals surface area (Å²) in [6.07, 6.45) is 2.12. The van der Waals surface area contributed by atoms with Gasteiger partial charge in [0.25, 0.3) is 0 Å². The molecule has 0 radical (unpaired) electrons. The van der Waals surface area contributed by atoms with Crippen LogP contribution in [0, 0.1) is 18.7 Å². The lowest BCUT2D eigenvalue weighted by Crippen LogP contribution is -2.54. The number of nitrogens with zero attached hydrogens (tertiary/aromatic N) is 3. The second-order valence-electron chi connectivity index (χ2n) is 11.9. The average Bonchev–Trinajstić information content (AvgIpc) is 3.57. The summed E-state index contributed by atoms with van der Waals surface area (Å²) < 4.78 is 29.5. The second-order valence-corrected chi connectivity index (χ2v) is 12.7. The molecular weight excluding hydrogens is 594 g/mol. The number of hydrogen-bond acceptors (Lipinski definition) is 6. The number of halogens is 3. The highest BCUT2D eigenvalue weighted by Gasteiger charge is 2.69. The lowest BCUT2D eigenvalue weighted by atomic mass is 9.73. The molecule has 1 spiro atoms. The quantitative estimate of drug-likeness (QED) is 0.272. The largest absolute Gasteiger partial charge is 0.476 e. The first-order chi connectivity index (χ1) is 20.7. The van der Waals surface area contributed by atoms with Crippen LogP contribution in [-0.2, 0) is 15.1 Å². The van der Waals surface area contributed by atoms with Gasteiger partial charge in [-0.3, -0.25) is 9.69 Å². The van der Waals surface area contributed by atoms with Gasteiger partial charge in [-0.05, 0) is 67.1 Å². The van der Waals surface area contributed by atoms with E-state index in [2.05, 4.69) is 10.2 Å². The Kier molecular flexibility index (Phi) is 5.90. The number of aromatic nitrogens is 2. The van der Waals surface area contributed by atoms with Gasteiger partial charge in [-0.15, -0.1) is 0 Å². The Labute approximate surface area is 256 Å². The summed E-state index contributed by atoms with van der Waals surface area (Å²) in [5.74, 6) is -1.11. The fourth-order valence-corrected chi connectivity index (χ4v) is 8.02. The Morgan fingerprint density at radius 1 is 1.21 bits per heavy atom. The van der Waals surface area contributed by atoms with Crippen LogP contribution >= 0.6 is 23.2 Å². The van der Waals surface area contributed by atoms with Crippen molar-refractivity contribution in [2.45, 2.75) is 43.3 Å². The number of likely N-dealkylation sites (tertiary alicyclic amines) is 1. The van der Waals surface area contributed by atoms with Crippen molar-refractivity contribution < 1.29 is 23.5 Å². The molecule has 1 aliphatic carbocycles. The highest BCUT2D eigenvalue weighted by molar-refractivity contribution is 6.31. The average molecular weight is 621 g/mol. The fourth-order valence-electron chi connectivity index (χ4n) is 7.66. The molecule has 8 nitrogen and oxygen atoms in total. The van der Waals surface area contributed by atoms with Crippen LogP contribution in [0.5, 0.6) is 5.88 Å². The number of anilines is 1. The molecule has 8 rings (SSSR count). The third-order valence-corrected chi connectivity index (χ3v) is 10.2. The van der Waals surface area contributed by atoms with Gasteiger partial charge in [0.15, 0.2) is 0 Å². The van der Waals surface area contributed by atoms with Crippen molar-refractivity contribution in [1.82, 2.24) is 14.7 Å². The van der Waals surface area contributed by atoms with Crippen LogP contribution in [0.2, 0.25) is 10.0 Å². The SMILES string of the molecule is COC(=O)c1ccc2nn3c(c2c1C)OC[C@H]1[C@@H]3[C@H](c2cccc(Cl)c2F)[C@]2(C(=O)Nc3cc(Cl)ccc32)N1CC1CC1. The van der Waals surface area contributed by atoms with E-state index in [1.807, 2.05) is 13.0 Å². The van der Waals surface area contributed by atoms with E-state index in [1.54, 1.807) is 41.1 Å². The van der Waals surface area contributed by atoms with Crippen molar-refractivity contribution in [2.24, 2.45) is 5.92 Å². The molecule has 1 saturated heterocycles. The number of nitrogens with one attached hydrogen (secondary N) is 1. The van der Waals surface area contributed by atoms with Crippen molar-refractivity contribution in [1.29, 1.82) is 0 Å². The molecule has 4 atom stereocenters. The lowest BCUT2D eigenvalue weighted by Gasteiger charge is -2.39. The van der Waals surface area contributed by atoms with E-state index in [1.165, 1.54) is 13.2 Å². The smallest absolute Gasteiger partial charge is 0.338 e. The van der Waals surface area contributed by atoms with Crippen LogP contribution in [0.1, 0.15) is 51.8 Å². The molecule has 0 unspecified atom stereocenters. The molecule has 4 aliphatic rings. The van der Waals surface area contributed by atoms with Crippen LogP contribution in [0.4, 0.5) is 10.1 Å². The Bertz CT molecular complexity index is 1870. The maximum Gasteiger partial charge on any atom is 0.338 e. The topological polar surface area (TPSA) is 85.7 Å². The van der Waals surface area contributed by atoms with Gasteiger partial charge in [-0.1, -0.05) is 41.4 Å². The predicted molar refractivity (Wildman–Crippen MR) is 159 cm³/mol. The van der Waals surface area contributed by atoms with Crippen LogP contribution in [0.25, 0.3) is 10.9 Å². The maximum atomic E-state index is 16.2. The number of carbonyl (C=O) groups excluding carboxylic acids is 2. The number of fused-ring (bicyclic) bond motifs is 7. The second kappa shape index (κ2) is 9.42. The third-order valence-electron chi connectivity index (χ3n) is 9.65. The molecule has 11 heteroatoms. The van der Waals surface area contributed by atoms with Crippen molar-refractivity contribution in [3.8, 4) is 5.88 Å². The molecule has 4 aromatic rings. The van der Waals surface area contributed by atoms with E-state index in [-0.39, 0.29) is 23.6 Å². The van der Waals surface area contributed by atoms with E-state index in [0.717, 1.165) is 18.4 Å². The van der Waals surface area contributed by atoms with E-state index in [0.29, 0.717) is 56.6 Å². The van der Waals surface area contributed by atoms with Crippen LogP contribution in [0.3, 0.4) is 0 Å². The van der Waals surface area contributed by atoms with Gasteiger partial charge in [-0.25, -0.2) is 13.9 Å². The first-order valence-corrected chi connectivity index (χ1v) is 15.1.